The second kappa shape index (κ2) is 9.59. The summed E-state index contributed by atoms with van der Waals surface area (Å²) in [6.45, 7) is 5.11. The lowest BCUT2D eigenvalue weighted by molar-refractivity contribution is -0.126. The molecule has 5 heteroatoms. The number of hydrogen-bond acceptors (Lipinski definition) is 3. The maximum absolute atomic E-state index is 12.2. The first-order valence-electron chi connectivity index (χ1n) is 7.71. The molecule has 1 rings (SSSR count). The van der Waals surface area contributed by atoms with E-state index >= 15 is 0 Å². The van der Waals surface area contributed by atoms with Crippen LogP contribution in [0.4, 0.5) is 0 Å². The molecule has 1 aliphatic rings. The average molecular weight is 307 g/mol. The Bertz CT molecular complexity index is 283. The Morgan fingerprint density at radius 3 is 2.50 bits per heavy atom. The van der Waals surface area contributed by atoms with E-state index in [1.807, 2.05) is 0 Å². The molecule has 4 nitrogen and oxygen atoms in total. The lowest BCUT2D eigenvalue weighted by Crippen LogP contribution is -2.42. The zero-order chi connectivity index (χ0) is 14.3. The van der Waals surface area contributed by atoms with Crippen LogP contribution in [-0.4, -0.2) is 30.2 Å². The summed E-state index contributed by atoms with van der Waals surface area (Å²) in [6, 6.07) is 0.184. The molecule has 0 bridgehead atoms. The molecule has 20 heavy (non-hydrogen) atoms. The highest BCUT2D eigenvalue weighted by molar-refractivity contribution is 5.85. The zero-order valence-corrected chi connectivity index (χ0v) is 13.7. The number of aliphatic hydroxyl groups excluding tert-OH is 1. The van der Waals surface area contributed by atoms with Gasteiger partial charge in [-0.25, -0.2) is 0 Å². The van der Waals surface area contributed by atoms with Crippen molar-refractivity contribution in [2.45, 2.75) is 64.8 Å². The standard InChI is InChI=1S/C15H30N2O2.ClH/c1-3-15(4-2,8-9-18)11-17-14(19)12-6-5-7-13(16)10-12;/h12-13,18H,3-11,16H2,1-2H3,(H,17,19);1H. The van der Waals surface area contributed by atoms with E-state index in [4.69, 9.17) is 5.73 Å². The van der Waals surface area contributed by atoms with Crippen LogP contribution in [0.1, 0.15) is 58.8 Å². The van der Waals surface area contributed by atoms with Gasteiger partial charge in [0.05, 0.1) is 0 Å². The van der Waals surface area contributed by atoms with E-state index < -0.39 is 0 Å². The summed E-state index contributed by atoms with van der Waals surface area (Å²) in [4.78, 5) is 12.2. The van der Waals surface area contributed by atoms with Gasteiger partial charge < -0.3 is 16.2 Å². The van der Waals surface area contributed by atoms with Gasteiger partial charge in [-0.2, -0.15) is 0 Å². The first kappa shape index (κ1) is 19.7. The molecule has 0 heterocycles. The largest absolute Gasteiger partial charge is 0.396 e. The van der Waals surface area contributed by atoms with Gasteiger partial charge >= 0.3 is 0 Å². The monoisotopic (exact) mass is 306 g/mol. The molecule has 1 fully saturated rings. The fourth-order valence-electron chi connectivity index (χ4n) is 3.06. The van der Waals surface area contributed by atoms with Crippen molar-refractivity contribution in [2.24, 2.45) is 17.1 Å². The lowest BCUT2D eigenvalue weighted by atomic mass is 9.79. The fourth-order valence-corrected chi connectivity index (χ4v) is 3.06. The van der Waals surface area contributed by atoms with Crippen molar-refractivity contribution in [3.05, 3.63) is 0 Å². The molecule has 1 amide bonds. The summed E-state index contributed by atoms with van der Waals surface area (Å²) in [5, 5.41) is 12.3. The summed E-state index contributed by atoms with van der Waals surface area (Å²) >= 11 is 0. The summed E-state index contributed by atoms with van der Waals surface area (Å²) in [7, 11) is 0. The third kappa shape index (κ3) is 5.58. The molecular formula is C15H31ClN2O2. The fraction of sp³-hybridized carbons (Fsp3) is 0.933. The third-order valence-electron chi connectivity index (χ3n) is 4.87. The van der Waals surface area contributed by atoms with Crippen molar-refractivity contribution in [2.75, 3.05) is 13.2 Å². The summed E-state index contributed by atoms with van der Waals surface area (Å²) in [5.74, 6) is 0.239. The molecular weight excluding hydrogens is 276 g/mol. The quantitative estimate of drug-likeness (QED) is 0.675. The molecule has 2 atom stereocenters. The normalized spacial score (nSPS) is 23.0. The summed E-state index contributed by atoms with van der Waals surface area (Å²) in [6.07, 6.45) is 6.60. The SMILES string of the molecule is CCC(CC)(CCO)CNC(=O)C1CCCC(N)C1.Cl. The van der Waals surface area contributed by atoms with Gasteiger partial charge in [-0.3, -0.25) is 4.79 Å². The molecule has 0 aromatic heterocycles. The smallest absolute Gasteiger partial charge is 0.223 e. The Hall–Kier alpha value is -0.320. The summed E-state index contributed by atoms with van der Waals surface area (Å²) < 4.78 is 0. The molecule has 120 valence electrons. The Morgan fingerprint density at radius 2 is 2.00 bits per heavy atom. The first-order chi connectivity index (χ1) is 9.06. The van der Waals surface area contributed by atoms with Crippen molar-refractivity contribution < 1.29 is 9.90 Å². The number of aliphatic hydroxyl groups is 1. The van der Waals surface area contributed by atoms with Gasteiger partial charge in [0.1, 0.15) is 0 Å². The second-order valence-corrected chi connectivity index (χ2v) is 6.02. The Labute approximate surface area is 129 Å². The molecule has 1 saturated carbocycles. The van der Waals surface area contributed by atoms with Crippen molar-refractivity contribution in [1.29, 1.82) is 0 Å². The maximum atomic E-state index is 12.2. The molecule has 0 aromatic rings. The lowest BCUT2D eigenvalue weighted by Gasteiger charge is -2.33. The molecule has 0 saturated heterocycles. The number of nitrogens with two attached hydrogens (primary N) is 1. The average Bonchev–Trinajstić information content (AvgIpc) is 2.43. The summed E-state index contributed by atoms with van der Waals surface area (Å²) in [5.41, 5.74) is 5.97. The molecule has 2 unspecified atom stereocenters. The van der Waals surface area contributed by atoms with Gasteiger partial charge in [-0.15, -0.1) is 12.4 Å². The van der Waals surface area contributed by atoms with Crippen LogP contribution in [-0.2, 0) is 4.79 Å². The number of amides is 1. The minimum Gasteiger partial charge on any atom is -0.396 e. The minimum atomic E-state index is 0. The molecule has 0 aliphatic heterocycles. The van der Waals surface area contributed by atoms with E-state index in [1.165, 1.54) is 0 Å². The molecule has 1 aliphatic carbocycles. The zero-order valence-electron chi connectivity index (χ0n) is 12.9. The predicted molar refractivity (Wildman–Crippen MR) is 84.9 cm³/mol. The van der Waals surface area contributed by atoms with E-state index in [1.54, 1.807) is 0 Å². The number of rotatable bonds is 7. The van der Waals surface area contributed by atoms with Crippen molar-refractivity contribution in [1.82, 2.24) is 5.32 Å². The second-order valence-electron chi connectivity index (χ2n) is 6.02. The van der Waals surface area contributed by atoms with Gasteiger partial charge in [0, 0.05) is 25.1 Å². The molecule has 0 spiro atoms. The third-order valence-corrected chi connectivity index (χ3v) is 4.87. The topological polar surface area (TPSA) is 75.3 Å². The van der Waals surface area contributed by atoms with Crippen LogP contribution in [0, 0.1) is 11.3 Å². The Morgan fingerprint density at radius 1 is 1.35 bits per heavy atom. The van der Waals surface area contributed by atoms with Gasteiger partial charge in [-0.05, 0) is 43.9 Å². The highest BCUT2D eigenvalue weighted by Gasteiger charge is 2.29. The van der Waals surface area contributed by atoms with Crippen LogP contribution in [0.2, 0.25) is 0 Å². The van der Waals surface area contributed by atoms with E-state index in [-0.39, 0.29) is 42.3 Å². The maximum Gasteiger partial charge on any atom is 0.223 e. The van der Waals surface area contributed by atoms with Gasteiger partial charge in [0.25, 0.3) is 0 Å². The van der Waals surface area contributed by atoms with Gasteiger partial charge in [0.2, 0.25) is 5.91 Å². The van der Waals surface area contributed by atoms with Crippen LogP contribution >= 0.6 is 12.4 Å². The first-order valence-corrected chi connectivity index (χ1v) is 7.71. The van der Waals surface area contributed by atoms with E-state index in [2.05, 4.69) is 19.2 Å². The highest BCUT2D eigenvalue weighted by atomic mass is 35.5. The predicted octanol–water partition coefficient (Wildman–Crippen LogP) is 2.23. The Balaban J connectivity index is 0.00000361. The van der Waals surface area contributed by atoms with E-state index in [9.17, 15) is 9.90 Å². The highest BCUT2D eigenvalue weighted by Crippen LogP contribution is 2.30. The number of halogens is 1. The van der Waals surface area contributed by atoms with Crippen LogP contribution < -0.4 is 11.1 Å². The van der Waals surface area contributed by atoms with Crippen molar-refractivity contribution >= 4 is 18.3 Å². The molecule has 0 aromatic carbocycles. The van der Waals surface area contributed by atoms with Crippen LogP contribution in [0.3, 0.4) is 0 Å². The van der Waals surface area contributed by atoms with Crippen LogP contribution in [0.15, 0.2) is 0 Å². The number of carbonyl (C=O) groups excluding carboxylic acids is 1. The van der Waals surface area contributed by atoms with Crippen molar-refractivity contribution in [3.63, 3.8) is 0 Å². The van der Waals surface area contributed by atoms with E-state index in [0.717, 1.165) is 44.9 Å². The molecule has 0 radical (unpaired) electrons. The number of hydrogen-bond donors (Lipinski definition) is 3. The van der Waals surface area contributed by atoms with Gasteiger partial charge in [0.15, 0.2) is 0 Å². The molecule has 4 N–H and O–H groups in total. The van der Waals surface area contributed by atoms with Crippen LogP contribution in [0.5, 0.6) is 0 Å². The van der Waals surface area contributed by atoms with Crippen LogP contribution in [0.25, 0.3) is 0 Å². The van der Waals surface area contributed by atoms with Gasteiger partial charge in [-0.1, -0.05) is 20.3 Å². The minimum absolute atomic E-state index is 0. The number of nitrogens with one attached hydrogen (secondary N) is 1. The van der Waals surface area contributed by atoms with Crippen molar-refractivity contribution in [3.8, 4) is 0 Å². The Kier molecular flexibility index (Phi) is 9.43. The number of carbonyl (C=O) groups is 1. The van der Waals surface area contributed by atoms with E-state index in [0.29, 0.717) is 6.54 Å².